The highest BCUT2D eigenvalue weighted by Crippen LogP contribution is 2.38. The highest BCUT2D eigenvalue weighted by atomic mass is 16.5. The minimum absolute atomic E-state index is 0.0680. The maximum atomic E-state index is 11.9. The summed E-state index contributed by atoms with van der Waals surface area (Å²) in [7, 11) is 5.03. The summed E-state index contributed by atoms with van der Waals surface area (Å²) < 4.78 is 12.6. The van der Waals surface area contributed by atoms with Crippen molar-refractivity contribution in [2.75, 3.05) is 34.4 Å². The molecule has 0 radical (unpaired) electrons. The molecule has 1 atom stereocenters. The lowest BCUT2D eigenvalue weighted by atomic mass is 10.0. The van der Waals surface area contributed by atoms with Crippen LogP contribution in [0.25, 0.3) is 11.4 Å². The zero-order valence-corrected chi connectivity index (χ0v) is 14.7. The Morgan fingerprint density at radius 3 is 2.76 bits per heavy atom. The summed E-state index contributed by atoms with van der Waals surface area (Å²) in [5.74, 6) is 0.168. The molecule has 7 nitrogen and oxygen atoms in total. The van der Waals surface area contributed by atoms with Gasteiger partial charge < -0.3 is 24.0 Å². The number of likely N-dealkylation sites (N-methyl/N-ethyl adjacent to an activating group) is 1. The van der Waals surface area contributed by atoms with Crippen molar-refractivity contribution in [3.8, 4) is 22.9 Å². The van der Waals surface area contributed by atoms with Crippen LogP contribution in [0.2, 0.25) is 0 Å². The molecular weight excluding hydrogens is 322 g/mol. The molecule has 1 aliphatic heterocycles. The molecule has 1 aromatic carbocycles. The second-order valence-electron chi connectivity index (χ2n) is 6.25. The average molecular weight is 345 g/mol. The summed E-state index contributed by atoms with van der Waals surface area (Å²) in [6.45, 7) is 2.00. The number of piperidine rings is 1. The number of rotatable bonds is 5. The molecule has 1 aliphatic rings. The third kappa shape index (κ3) is 3.19. The van der Waals surface area contributed by atoms with E-state index in [1.165, 1.54) is 14.2 Å². The van der Waals surface area contributed by atoms with Gasteiger partial charge in [-0.2, -0.15) is 0 Å². The van der Waals surface area contributed by atoms with Crippen molar-refractivity contribution >= 4 is 5.97 Å². The third-order valence-electron chi connectivity index (χ3n) is 4.66. The lowest BCUT2D eigenvalue weighted by Crippen LogP contribution is -2.33. The standard InChI is InChI=1S/C18H23N3O4/c1-20-9-4-5-12(11-20)21-10-8-19-17(21)13-6-7-14(24-2)16(25-3)15(13)18(22)23/h6-8,10,12H,4-5,9,11H2,1-3H3,(H,22,23). The van der Waals surface area contributed by atoms with Gasteiger partial charge in [-0.15, -0.1) is 0 Å². The number of nitrogens with zero attached hydrogens (tertiary/aromatic N) is 3. The predicted molar refractivity (Wildman–Crippen MR) is 93.5 cm³/mol. The van der Waals surface area contributed by atoms with Gasteiger partial charge in [0.15, 0.2) is 11.5 Å². The lowest BCUT2D eigenvalue weighted by molar-refractivity contribution is 0.0693. The molecule has 134 valence electrons. The molecule has 2 aromatic rings. The normalized spacial score (nSPS) is 18.1. The fourth-order valence-electron chi connectivity index (χ4n) is 3.51. The van der Waals surface area contributed by atoms with Gasteiger partial charge in [0.25, 0.3) is 0 Å². The maximum absolute atomic E-state index is 11.9. The van der Waals surface area contributed by atoms with E-state index in [1.54, 1.807) is 18.3 Å². The first kappa shape index (κ1) is 17.3. The number of methoxy groups -OCH3 is 2. The molecule has 0 bridgehead atoms. The Balaban J connectivity index is 2.12. The van der Waals surface area contributed by atoms with E-state index in [0.717, 1.165) is 25.9 Å². The Bertz CT molecular complexity index is 772. The van der Waals surface area contributed by atoms with Gasteiger partial charge in [-0.1, -0.05) is 0 Å². The van der Waals surface area contributed by atoms with Crippen LogP contribution in [0.4, 0.5) is 0 Å². The van der Waals surface area contributed by atoms with Crippen LogP contribution in [0.1, 0.15) is 29.2 Å². The topological polar surface area (TPSA) is 76.8 Å². The van der Waals surface area contributed by atoms with Gasteiger partial charge in [0.05, 0.1) is 14.2 Å². The van der Waals surface area contributed by atoms with E-state index in [9.17, 15) is 9.90 Å². The van der Waals surface area contributed by atoms with Crippen molar-refractivity contribution in [3.63, 3.8) is 0 Å². The van der Waals surface area contributed by atoms with E-state index < -0.39 is 5.97 Å². The van der Waals surface area contributed by atoms with E-state index >= 15 is 0 Å². The predicted octanol–water partition coefficient (Wildman–Crippen LogP) is 2.53. The van der Waals surface area contributed by atoms with Crippen LogP contribution in [0.15, 0.2) is 24.5 Å². The summed E-state index contributed by atoms with van der Waals surface area (Å²) >= 11 is 0. The van der Waals surface area contributed by atoms with Crippen molar-refractivity contribution in [2.24, 2.45) is 0 Å². The van der Waals surface area contributed by atoms with E-state index in [2.05, 4.69) is 21.5 Å². The van der Waals surface area contributed by atoms with Crippen LogP contribution in [0.3, 0.4) is 0 Å². The van der Waals surface area contributed by atoms with E-state index in [0.29, 0.717) is 17.1 Å². The van der Waals surface area contributed by atoms with Crippen LogP contribution in [0.5, 0.6) is 11.5 Å². The summed E-state index contributed by atoms with van der Waals surface area (Å²) in [4.78, 5) is 18.7. The van der Waals surface area contributed by atoms with Crippen LogP contribution in [-0.4, -0.2) is 59.9 Å². The second kappa shape index (κ2) is 7.14. The maximum Gasteiger partial charge on any atom is 0.340 e. The first-order valence-electron chi connectivity index (χ1n) is 8.26. The van der Waals surface area contributed by atoms with Gasteiger partial charge in [-0.3, -0.25) is 0 Å². The molecule has 1 saturated heterocycles. The molecule has 25 heavy (non-hydrogen) atoms. The summed E-state index contributed by atoms with van der Waals surface area (Å²) in [6, 6.07) is 3.72. The summed E-state index contributed by atoms with van der Waals surface area (Å²) in [6.07, 6.45) is 5.79. The second-order valence-corrected chi connectivity index (χ2v) is 6.25. The van der Waals surface area contributed by atoms with Crippen molar-refractivity contribution in [1.82, 2.24) is 14.5 Å². The number of benzene rings is 1. The Labute approximate surface area is 146 Å². The van der Waals surface area contributed by atoms with Gasteiger partial charge in [-0.05, 0) is 38.6 Å². The number of hydrogen-bond donors (Lipinski definition) is 1. The molecule has 0 saturated carbocycles. The number of aromatic nitrogens is 2. The molecule has 7 heteroatoms. The first-order chi connectivity index (χ1) is 12.1. The Morgan fingerprint density at radius 2 is 2.12 bits per heavy atom. The zero-order valence-electron chi connectivity index (χ0n) is 14.7. The average Bonchev–Trinajstić information content (AvgIpc) is 3.09. The van der Waals surface area contributed by atoms with Gasteiger partial charge in [0, 0.05) is 30.5 Å². The van der Waals surface area contributed by atoms with E-state index in [-0.39, 0.29) is 17.4 Å². The van der Waals surface area contributed by atoms with Gasteiger partial charge in [-0.25, -0.2) is 9.78 Å². The van der Waals surface area contributed by atoms with Crippen LogP contribution in [0, 0.1) is 0 Å². The van der Waals surface area contributed by atoms with Crippen molar-refractivity contribution in [2.45, 2.75) is 18.9 Å². The quantitative estimate of drug-likeness (QED) is 0.897. The molecule has 1 fully saturated rings. The molecule has 0 aliphatic carbocycles. The smallest absolute Gasteiger partial charge is 0.340 e. The molecule has 0 spiro atoms. The van der Waals surface area contributed by atoms with Crippen LogP contribution >= 0.6 is 0 Å². The van der Waals surface area contributed by atoms with E-state index in [1.807, 2.05) is 6.20 Å². The highest BCUT2D eigenvalue weighted by molar-refractivity contribution is 5.99. The third-order valence-corrected chi connectivity index (χ3v) is 4.66. The Hall–Kier alpha value is -2.54. The first-order valence-corrected chi connectivity index (χ1v) is 8.26. The van der Waals surface area contributed by atoms with Crippen LogP contribution in [-0.2, 0) is 0 Å². The Kier molecular flexibility index (Phi) is 4.94. The molecule has 1 aromatic heterocycles. The summed E-state index contributed by atoms with van der Waals surface area (Å²) in [5.41, 5.74) is 0.599. The number of aromatic carboxylic acids is 1. The monoisotopic (exact) mass is 345 g/mol. The number of hydrogen-bond acceptors (Lipinski definition) is 5. The molecule has 3 rings (SSSR count). The Morgan fingerprint density at radius 1 is 1.32 bits per heavy atom. The number of carboxylic acids is 1. The minimum Gasteiger partial charge on any atom is -0.493 e. The minimum atomic E-state index is -1.07. The van der Waals surface area contributed by atoms with E-state index in [4.69, 9.17) is 9.47 Å². The lowest BCUT2D eigenvalue weighted by Gasteiger charge is -2.31. The van der Waals surface area contributed by atoms with Gasteiger partial charge >= 0.3 is 5.97 Å². The number of carboxylic acid groups (broad SMARTS) is 1. The summed E-state index contributed by atoms with van der Waals surface area (Å²) in [5, 5.41) is 9.76. The molecular formula is C18H23N3O4. The van der Waals surface area contributed by atoms with Crippen molar-refractivity contribution in [3.05, 3.63) is 30.1 Å². The molecule has 1 unspecified atom stereocenters. The number of imidazole rings is 1. The molecule has 2 heterocycles. The molecule has 0 amide bonds. The fourth-order valence-corrected chi connectivity index (χ4v) is 3.51. The van der Waals surface area contributed by atoms with Gasteiger partial charge in [0.2, 0.25) is 0 Å². The number of likely N-dealkylation sites (tertiary alicyclic amines) is 1. The van der Waals surface area contributed by atoms with Gasteiger partial charge in [0.1, 0.15) is 11.4 Å². The highest BCUT2D eigenvalue weighted by Gasteiger charge is 2.27. The fraction of sp³-hybridized carbons (Fsp3) is 0.444. The zero-order chi connectivity index (χ0) is 18.0. The number of carbonyl (C=O) groups is 1. The van der Waals surface area contributed by atoms with Crippen LogP contribution < -0.4 is 9.47 Å². The number of ether oxygens (including phenoxy) is 2. The SMILES string of the molecule is COc1ccc(-c2nccn2C2CCCN(C)C2)c(C(=O)O)c1OC. The molecule has 1 N–H and O–H groups in total. The largest absolute Gasteiger partial charge is 0.493 e. The van der Waals surface area contributed by atoms with Crippen molar-refractivity contribution in [1.29, 1.82) is 0 Å². The van der Waals surface area contributed by atoms with Crippen molar-refractivity contribution < 1.29 is 19.4 Å².